The van der Waals surface area contributed by atoms with Crippen LogP contribution >= 0.6 is 0 Å². The fourth-order valence-corrected chi connectivity index (χ4v) is 6.72. The molecule has 4 nitrogen and oxygen atoms in total. The Hall–Kier alpha value is 0.00494. The third kappa shape index (κ3) is 64.8. The van der Waals surface area contributed by atoms with E-state index in [0.717, 1.165) is 35.0 Å². The molecule has 0 spiro atoms. The van der Waals surface area contributed by atoms with Crippen LogP contribution in [0.4, 0.5) is 0 Å². The molecule has 0 aromatic heterocycles. The van der Waals surface area contributed by atoms with Crippen molar-refractivity contribution in [2.45, 2.75) is 231 Å². The van der Waals surface area contributed by atoms with Crippen molar-refractivity contribution < 1.29 is 19.8 Å². The van der Waals surface area contributed by atoms with Gasteiger partial charge in [-0.1, -0.05) is 58.3 Å². The number of aliphatic carboxylic acids is 2. The Morgan fingerprint density at radius 3 is 0.841 bits per heavy atom. The Morgan fingerprint density at radius 2 is 0.614 bits per heavy atom. The average Bonchev–Trinajstić information content (AvgIpc) is 2.97. The molecular formula is C38H76Al2O4+2. The van der Waals surface area contributed by atoms with Gasteiger partial charge >= 0.3 is 185 Å². The van der Waals surface area contributed by atoms with Gasteiger partial charge in [-0.25, -0.2) is 0 Å². The summed E-state index contributed by atoms with van der Waals surface area (Å²) in [5.41, 5.74) is 0. The van der Waals surface area contributed by atoms with Crippen LogP contribution in [0, 0.1) is 0 Å². The van der Waals surface area contributed by atoms with E-state index in [2.05, 4.69) is 20.8 Å². The first-order chi connectivity index (χ1) is 20.9. The minimum Gasteiger partial charge on any atom is 3.00 e. The van der Waals surface area contributed by atoms with Crippen LogP contribution in [0.15, 0.2) is 0 Å². The van der Waals surface area contributed by atoms with Gasteiger partial charge in [0, 0.05) is 11.9 Å². The van der Waals surface area contributed by atoms with Crippen molar-refractivity contribution in [3.63, 3.8) is 0 Å². The van der Waals surface area contributed by atoms with Gasteiger partial charge in [-0.15, -0.1) is 0 Å². The summed E-state index contributed by atoms with van der Waals surface area (Å²) in [6.07, 6.45) is 40.8. The maximum absolute atomic E-state index is 10.1. The Morgan fingerprint density at radius 1 is 0.409 bits per heavy atom. The van der Waals surface area contributed by atoms with Crippen molar-refractivity contribution in [3.8, 4) is 0 Å². The van der Waals surface area contributed by atoms with E-state index in [-0.39, 0.29) is 23.8 Å². The van der Waals surface area contributed by atoms with E-state index in [1.54, 1.807) is 10.6 Å². The summed E-state index contributed by atoms with van der Waals surface area (Å²) in [5.74, 6) is -1.99. The third-order valence-corrected chi connectivity index (χ3v) is 9.64. The van der Waals surface area contributed by atoms with E-state index in [9.17, 15) is 9.90 Å². The molecule has 44 heavy (non-hydrogen) atoms. The van der Waals surface area contributed by atoms with E-state index in [4.69, 9.17) is 9.90 Å². The summed E-state index contributed by atoms with van der Waals surface area (Å²) in [7, 11) is 0. The predicted octanol–water partition coefficient (Wildman–Crippen LogP) is 10.4. The minimum atomic E-state index is -1.08. The Labute approximate surface area is 293 Å². The Bertz CT molecular complexity index is 491. The van der Waals surface area contributed by atoms with Gasteiger partial charge in [0.1, 0.15) is 0 Å². The molecule has 0 aromatic carbocycles. The summed E-state index contributed by atoms with van der Waals surface area (Å²) in [6, 6.07) is 0. The second kappa shape index (κ2) is 49.9. The number of carbonyl (C=O) groups is 2. The van der Waals surface area contributed by atoms with Gasteiger partial charge in [0.15, 0.2) is 0 Å². The van der Waals surface area contributed by atoms with E-state index >= 15 is 0 Å². The second-order valence-corrected chi connectivity index (χ2v) is 14.4. The van der Waals surface area contributed by atoms with Gasteiger partial charge in [-0.2, -0.15) is 0 Å². The molecule has 0 rings (SSSR count). The van der Waals surface area contributed by atoms with Crippen molar-refractivity contribution in [1.29, 1.82) is 0 Å². The molecule has 0 radical (unpaired) electrons. The van der Waals surface area contributed by atoms with Crippen molar-refractivity contribution >= 4 is 44.5 Å². The molecule has 0 atom stereocenters. The smallest absolute Gasteiger partial charge is 3.00 e. The Balaban J connectivity index is -0.000000354. The first kappa shape index (κ1) is 50.9. The van der Waals surface area contributed by atoms with Gasteiger partial charge in [0.25, 0.3) is 0 Å². The van der Waals surface area contributed by atoms with Crippen molar-refractivity contribution in [2.75, 3.05) is 0 Å². The normalized spacial score (nSPS) is 10.1. The summed E-state index contributed by atoms with van der Waals surface area (Å²) in [4.78, 5) is 19.0. The van der Waals surface area contributed by atoms with Gasteiger partial charge in [0.2, 0.25) is 0 Å². The zero-order valence-corrected chi connectivity index (χ0v) is 32.7. The van der Waals surface area contributed by atoms with Crippen LogP contribution in [-0.4, -0.2) is 44.5 Å². The molecule has 0 saturated carbocycles. The molecule has 0 amide bonds. The van der Waals surface area contributed by atoms with Crippen LogP contribution in [0.2, 0.25) is 10.6 Å². The van der Waals surface area contributed by atoms with Gasteiger partial charge < -0.3 is 19.8 Å². The fourth-order valence-electron chi connectivity index (χ4n) is 5.28. The van der Waals surface area contributed by atoms with E-state index in [0.29, 0.717) is 0 Å². The number of carbonyl (C=O) groups excluding carboxylic acids is 2. The first-order valence-corrected chi connectivity index (χ1v) is 20.7. The van der Waals surface area contributed by atoms with Crippen LogP contribution < -0.4 is 10.2 Å². The monoisotopic (exact) mass is 651 g/mol. The quantitative estimate of drug-likeness (QED) is 0.0536. The molecule has 0 aliphatic carbocycles. The zero-order valence-electron chi connectivity index (χ0n) is 30.4. The molecule has 0 heterocycles. The van der Waals surface area contributed by atoms with Gasteiger partial charge in [0.05, 0.1) is 0 Å². The third-order valence-electron chi connectivity index (χ3n) is 8.01. The Kier molecular flexibility index (Phi) is 57.6. The number of carboxylic acids is 2. The zero-order chi connectivity index (χ0) is 32.5. The fraction of sp³-hybridized carbons (Fsp3) is 0.947. The number of rotatable bonds is 32. The van der Waals surface area contributed by atoms with Crippen LogP contribution in [0.3, 0.4) is 0 Å². The van der Waals surface area contributed by atoms with Gasteiger partial charge in [-0.3, -0.25) is 0 Å². The predicted molar refractivity (Wildman–Crippen MR) is 192 cm³/mol. The number of hydrogen-bond acceptors (Lipinski definition) is 4. The minimum absolute atomic E-state index is 0. The first-order valence-electron chi connectivity index (χ1n) is 19.1. The summed E-state index contributed by atoms with van der Waals surface area (Å²) in [6.45, 7) is 7.80. The molecule has 0 aliphatic rings. The molecule has 256 valence electrons. The van der Waals surface area contributed by atoms with Crippen LogP contribution in [0.1, 0.15) is 220 Å². The summed E-state index contributed by atoms with van der Waals surface area (Å²) in [5, 5.41) is 22.1. The molecular weight excluding hydrogens is 574 g/mol. The summed E-state index contributed by atoms with van der Waals surface area (Å²) >= 11 is 0.780. The molecule has 0 saturated heterocycles. The van der Waals surface area contributed by atoms with Crippen LogP contribution in [0.25, 0.3) is 0 Å². The van der Waals surface area contributed by atoms with Crippen molar-refractivity contribution in [2.24, 2.45) is 0 Å². The van der Waals surface area contributed by atoms with E-state index < -0.39 is 11.9 Å². The van der Waals surface area contributed by atoms with Gasteiger partial charge in [-0.05, 0) is 19.8 Å². The van der Waals surface area contributed by atoms with E-state index in [1.165, 1.54) is 173 Å². The van der Waals surface area contributed by atoms with Crippen molar-refractivity contribution in [1.82, 2.24) is 0 Å². The average molecular weight is 651 g/mol. The SMILES string of the molecule is CC(=O)[O-].CCCCCCCCCCCC(=O)[O-].CCCCCCCCCCC[CH2][Al+][CH2]CCCCCCCCCCC.[Al+3]. The maximum atomic E-state index is 10.1. The van der Waals surface area contributed by atoms with Crippen LogP contribution in [-0.2, 0) is 9.59 Å². The number of hydrogen-bond donors (Lipinski definition) is 0. The van der Waals surface area contributed by atoms with Crippen molar-refractivity contribution in [3.05, 3.63) is 0 Å². The molecule has 0 N–H and O–H groups in total. The standard InChI is InChI=1S/C12H24O2.2C12H25.C2H4O2.2Al/c1-2-3-4-5-6-7-8-9-10-11-12(13)14;2*1-3-5-7-9-11-12-10-8-6-4-2;1-2(3)4;;/h2-11H2,1H3,(H,13,14);2*1,3-12H2,2H3;1H3,(H,3,4);;/q;;;;+1;+3/p-2. The van der Waals surface area contributed by atoms with Crippen LogP contribution in [0.5, 0.6) is 0 Å². The van der Waals surface area contributed by atoms with E-state index in [1.807, 2.05) is 0 Å². The number of carboxylic acid groups (broad SMARTS) is 2. The molecule has 6 heteroatoms. The topological polar surface area (TPSA) is 80.3 Å². The molecule has 0 aliphatic heterocycles. The summed E-state index contributed by atoms with van der Waals surface area (Å²) < 4.78 is 0. The molecule has 0 unspecified atom stereocenters. The number of unbranched alkanes of at least 4 members (excludes halogenated alkanes) is 26. The molecule has 0 bridgehead atoms. The molecule has 0 aromatic rings. The molecule has 0 fully saturated rings. The second-order valence-electron chi connectivity index (χ2n) is 12.7.